The van der Waals surface area contributed by atoms with E-state index in [1.165, 1.54) is 11.3 Å². The molecule has 2 N–H and O–H groups in total. The Hall–Kier alpha value is -2.91. The maximum absolute atomic E-state index is 11.5. The Labute approximate surface area is 166 Å². The van der Waals surface area contributed by atoms with Gasteiger partial charge in [-0.05, 0) is 32.9 Å². The lowest BCUT2D eigenvalue weighted by molar-refractivity contribution is 0.111. The molecule has 0 aliphatic rings. The monoisotopic (exact) mass is 395 g/mol. The Balaban J connectivity index is 1.99. The molecule has 9 heteroatoms. The topological polar surface area (TPSA) is 105 Å². The van der Waals surface area contributed by atoms with Crippen molar-refractivity contribution < 1.29 is 4.79 Å². The maximum Gasteiger partial charge on any atom is 0.168 e. The van der Waals surface area contributed by atoms with Crippen LogP contribution in [0.5, 0.6) is 0 Å². The molecule has 0 spiro atoms. The number of hydrogen-bond acceptors (Lipinski definition) is 7. The predicted molar refractivity (Wildman–Crippen MR) is 109 cm³/mol. The third-order valence-electron chi connectivity index (χ3n) is 4.60. The van der Waals surface area contributed by atoms with Crippen LogP contribution in [0.2, 0.25) is 0 Å². The number of carbonyl (C=O) groups is 1. The van der Waals surface area contributed by atoms with Crippen LogP contribution < -0.4 is 5.73 Å². The normalized spacial score (nSPS) is 12.6. The fourth-order valence-electron chi connectivity index (χ4n) is 3.28. The average Bonchev–Trinajstić information content (AvgIpc) is 3.37. The zero-order valence-corrected chi connectivity index (χ0v) is 17.0. The second kappa shape index (κ2) is 6.92. The van der Waals surface area contributed by atoms with Crippen LogP contribution >= 0.6 is 11.3 Å². The minimum atomic E-state index is -0.228. The van der Waals surface area contributed by atoms with E-state index in [0.717, 1.165) is 45.0 Å². The molecule has 28 heavy (non-hydrogen) atoms. The summed E-state index contributed by atoms with van der Waals surface area (Å²) in [6.45, 7) is 6.68. The molecular formula is C19H21N7OS. The van der Waals surface area contributed by atoms with E-state index in [0.29, 0.717) is 17.1 Å². The number of hydrogen-bond donors (Lipinski definition) is 1. The molecule has 144 valence electrons. The number of aldehydes is 1. The highest BCUT2D eigenvalue weighted by Gasteiger charge is 2.23. The summed E-state index contributed by atoms with van der Waals surface area (Å²) in [6, 6.07) is 3.52. The smallest absolute Gasteiger partial charge is 0.168 e. The lowest BCUT2D eigenvalue weighted by Crippen LogP contribution is -2.05. The van der Waals surface area contributed by atoms with Crippen molar-refractivity contribution in [1.29, 1.82) is 0 Å². The first-order valence-corrected chi connectivity index (χ1v) is 9.84. The summed E-state index contributed by atoms with van der Waals surface area (Å²) in [7, 11) is 1.84. The van der Waals surface area contributed by atoms with Gasteiger partial charge in [0.05, 0.1) is 28.0 Å². The van der Waals surface area contributed by atoms with Crippen molar-refractivity contribution >= 4 is 28.5 Å². The second-order valence-electron chi connectivity index (χ2n) is 6.72. The highest BCUT2D eigenvalue weighted by atomic mass is 32.1. The number of carbonyl (C=O) groups excluding carboxylic acids is 1. The molecule has 0 saturated carbocycles. The lowest BCUT2D eigenvalue weighted by atomic mass is 10.1. The molecule has 4 rings (SSSR count). The first-order valence-electron chi connectivity index (χ1n) is 9.02. The molecule has 0 fully saturated rings. The molecule has 0 aliphatic carbocycles. The van der Waals surface area contributed by atoms with E-state index in [1.54, 1.807) is 16.9 Å². The maximum atomic E-state index is 11.5. The van der Waals surface area contributed by atoms with Crippen LogP contribution in [-0.2, 0) is 13.6 Å². The van der Waals surface area contributed by atoms with Gasteiger partial charge in [-0.15, -0.1) is 11.3 Å². The Bertz CT molecular complexity index is 1180. The number of aryl methyl sites for hydroxylation is 3. The molecular weight excluding hydrogens is 374 g/mol. The zero-order chi connectivity index (χ0) is 20.0. The highest BCUT2D eigenvalue weighted by Crippen LogP contribution is 2.38. The van der Waals surface area contributed by atoms with Gasteiger partial charge < -0.3 is 5.73 Å². The second-order valence-corrected chi connectivity index (χ2v) is 7.75. The lowest BCUT2D eigenvalue weighted by Gasteiger charge is -2.07. The number of nitrogens with zero attached hydrogens (tertiary/aromatic N) is 6. The van der Waals surface area contributed by atoms with Crippen LogP contribution in [0, 0.1) is 6.92 Å². The molecule has 0 aromatic carbocycles. The summed E-state index contributed by atoms with van der Waals surface area (Å²) in [5.74, 6) is 0. The van der Waals surface area contributed by atoms with Crippen molar-refractivity contribution in [3.8, 4) is 22.1 Å². The van der Waals surface area contributed by atoms with E-state index >= 15 is 0 Å². The molecule has 4 aromatic heterocycles. The van der Waals surface area contributed by atoms with Crippen molar-refractivity contribution in [3.63, 3.8) is 0 Å². The summed E-state index contributed by atoms with van der Waals surface area (Å²) >= 11 is 1.53. The molecule has 0 bridgehead atoms. The van der Waals surface area contributed by atoms with Gasteiger partial charge in [0.15, 0.2) is 6.29 Å². The van der Waals surface area contributed by atoms with E-state index in [1.807, 2.05) is 38.6 Å². The number of aromatic nitrogens is 6. The van der Waals surface area contributed by atoms with E-state index in [4.69, 9.17) is 10.7 Å². The van der Waals surface area contributed by atoms with Crippen molar-refractivity contribution in [2.24, 2.45) is 12.8 Å². The Morgan fingerprint density at radius 2 is 2.07 bits per heavy atom. The third-order valence-corrected chi connectivity index (χ3v) is 5.88. The molecule has 1 unspecified atom stereocenters. The number of thiazole rings is 1. The predicted octanol–water partition coefficient (Wildman–Crippen LogP) is 3.12. The van der Waals surface area contributed by atoms with Crippen LogP contribution in [0.1, 0.15) is 40.9 Å². The molecule has 4 heterocycles. The Morgan fingerprint density at radius 3 is 2.75 bits per heavy atom. The quantitative estimate of drug-likeness (QED) is 0.521. The molecule has 4 aromatic rings. The van der Waals surface area contributed by atoms with Gasteiger partial charge in [0, 0.05) is 25.0 Å². The minimum Gasteiger partial charge on any atom is -0.323 e. The van der Waals surface area contributed by atoms with Gasteiger partial charge in [0.1, 0.15) is 22.1 Å². The van der Waals surface area contributed by atoms with Gasteiger partial charge >= 0.3 is 0 Å². The summed E-state index contributed by atoms with van der Waals surface area (Å²) in [5.41, 5.74) is 10.6. The van der Waals surface area contributed by atoms with Crippen LogP contribution in [0.3, 0.4) is 0 Å². The van der Waals surface area contributed by atoms with Gasteiger partial charge in [-0.3, -0.25) is 14.2 Å². The van der Waals surface area contributed by atoms with Gasteiger partial charge in [-0.2, -0.15) is 10.2 Å². The van der Waals surface area contributed by atoms with E-state index in [2.05, 4.69) is 15.2 Å². The molecule has 0 saturated heterocycles. The highest BCUT2D eigenvalue weighted by molar-refractivity contribution is 7.15. The van der Waals surface area contributed by atoms with Gasteiger partial charge in [0.25, 0.3) is 0 Å². The van der Waals surface area contributed by atoms with E-state index < -0.39 is 0 Å². The third kappa shape index (κ3) is 2.92. The zero-order valence-electron chi connectivity index (χ0n) is 16.2. The summed E-state index contributed by atoms with van der Waals surface area (Å²) in [6.07, 6.45) is 2.49. The van der Waals surface area contributed by atoms with Crippen molar-refractivity contribution in [2.45, 2.75) is 33.4 Å². The van der Waals surface area contributed by atoms with Gasteiger partial charge in [0.2, 0.25) is 0 Å². The Kier molecular flexibility index (Phi) is 4.56. The first-order chi connectivity index (χ1) is 13.4. The summed E-state index contributed by atoms with van der Waals surface area (Å²) < 4.78 is 3.65. The van der Waals surface area contributed by atoms with Crippen LogP contribution in [0.15, 0.2) is 18.3 Å². The first kappa shape index (κ1) is 18.5. The molecule has 8 nitrogen and oxygen atoms in total. The van der Waals surface area contributed by atoms with Crippen molar-refractivity contribution in [3.05, 3.63) is 34.6 Å². The summed E-state index contributed by atoms with van der Waals surface area (Å²) in [4.78, 5) is 21.8. The number of nitrogens with two attached hydrogens (primary N) is 1. The Morgan fingerprint density at radius 1 is 1.29 bits per heavy atom. The molecule has 0 radical (unpaired) electrons. The fourth-order valence-corrected chi connectivity index (χ4v) is 4.32. The van der Waals surface area contributed by atoms with Crippen molar-refractivity contribution in [2.75, 3.05) is 0 Å². The standard InChI is InChI=1S/C19H21N7OS/c1-5-26-15(6-10(2)24-26)19-23-17(18(28-19)11(3)20)16-13-8-21-25(4)14(13)7-12(9-27)22-16/h6-9,11H,5,20H2,1-4H3. The molecule has 0 aliphatic heterocycles. The summed E-state index contributed by atoms with van der Waals surface area (Å²) in [5, 5.41) is 10.5. The minimum absolute atomic E-state index is 0.228. The van der Waals surface area contributed by atoms with Crippen LogP contribution in [-0.4, -0.2) is 35.8 Å². The number of fused-ring (bicyclic) bond motifs is 1. The van der Waals surface area contributed by atoms with E-state index in [9.17, 15) is 4.79 Å². The molecule has 1 atom stereocenters. The largest absolute Gasteiger partial charge is 0.323 e. The number of rotatable bonds is 5. The van der Waals surface area contributed by atoms with Crippen LogP contribution in [0.25, 0.3) is 33.0 Å². The van der Waals surface area contributed by atoms with Gasteiger partial charge in [-0.25, -0.2) is 9.97 Å². The van der Waals surface area contributed by atoms with Crippen LogP contribution in [0.4, 0.5) is 0 Å². The van der Waals surface area contributed by atoms with Gasteiger partial charge in [-0.1, -0.05) is 0 Å². The average molecular weight is 395 g/mol. The fraction of sp³-hybridized carbons (Fsp3) is 0.316. The van der Waals surface area contributed by atoms with Crippen molar-refractivity contribution in [1.82, 2.24) is 29.5 Å². The van der Waals surface area contributed by atoms with E-state index in [-0.39, 0.29) is 6.04 Å². The number of pyridine rings is 1. The molecule has 0 amide bonds. The SMILES string of the molecule is CCn1nc(C)cc1-c1nc(-c2nc(C=O)cc3c2cnn3C)c(C(C)N)s1.